The molecular formula is C44H28N10Ru+2. The Balaban J connectivity index is 0.000000141. The van der Waals surface area contributed by atoms with Gasteiger partial charge in [-0.2, -0.15) is 0 Å². The Labute approximate surface area is 327 Å². The summed E-state index contributed by atoms with van der Waals surface area (Å²) in [5.74, 6) is 0. The van der Waals surface area contributed by atoms with Crippen LogP contribution in [0.2, 0.25) is 0 Å². The van der Waals surface area contributed by atoms with E-state index in [2.05, 4.69) is 39.9 Å². The number of hydrogen-bond donors (Lipinski definition) is 0. The van der Waals surface area contributed by atoms with Crippen molar-refractivity contribution in [2.45, 2.75) is 0 Å². The maximum Gasteiger partial charge on any atom is 2.00 e. The molecule has 0 N–H and O–H groups in total. The largest absolute Gasteiger partial charge is 2.00 e. The van der Waals surface area contributed by atoms with Crippen molar-refractivity contribution in [3.63, 3.8) is 0 Å². The minimum atomic E-state index is 0. The fourth-order valence-electron chi connectivity index (χ4n) is 6.38. The predicted octanol–water partition coefficient (Wildman–Crippen LogP) is 9.26. The molecule has 0 spiro atoms. The zero-order chi connectivity index (χ0) is 36.1. The second-order valence-corrected chi connectivity index (χ2v) is 12.1. The molecule has 260 valence electrons. The summed E-state index contributed by atoms with van der Waals surface area (Å²) in [6, 6.07) is 39.0. The Morgan fingerprint density at radius 2 is 0.455 bits per heavy atom. The van der Waals surface area contributed by atoms with Crippen LogP contribution in [0.15, 0.2) is 171 Å². The first-order chi connectivity index (χ1) is 26.8. The molecule has 0 fully saturated rings. The summed E-state index contributed by atoms with van der Waals surface area (Å²) < 4.78 is 0. The molecule has 11 rings (SSSR count). The molecule has 0 saturated carbocycles. The molecule has 0 atom stereocenters. The van der Waals surface area contributed by atoms with Gasteiger partial charge in [-0.15, -0.1) is 0 Å². The van der Waals surface area contributed by atoms with Crippen LogP contribution in [0.3, 0.4) is 0 Å². The quantitative estimate of drug-likeness (QED) is 0.0949. The number of aromatic nitrogens is 10. The van der Waals surface area contributed by atoms with Crippen LogP contribution in [0.25, 0.3) is 88.5 Å². The molecule has 0 unspecified atom stereocenters. The molecule has 2 aromatic carbocycles. The summed E-state index contributed by atoms with van der Waals surface area (Å²) >= 11 is 0. The van der Waals surface area contributed by atoms with Gasteiger partial charge in [0.1, 0.15) is 0 Å². The van der Waals surface area contributed by atoms with Gasteiger partial charge in [0.2, 0.25) is 0 Å². The van der Waals surface area contributed by atoms with Crippen molar-refractivity contribution in [3.8, 4) is 22.8 Å². The molecule has 0 amide bonds. The minimum absolute atomic E-state index is 0. The molecule has 55 heavy (non-hydrogen) atoms. The van der Waals surface area contributed by atoms with Gasteiger partial charge in [0.05, 0.1) is 66.9 Å². The number of benzene rings is 2. The Bertz CT molecular complexity index is 2630. The van der Waals surface area contributed by atoms with Crippen LogP contribution < -0.4 is 0 Å². The fourth-order valence-corrected chi connectivity index (χ4v) is 6.38. The van der Waals surface area contributed by atoms with Gasteiger partial charge in [-0.3, -0.25) is 39.9 Å². The van der Waals surface area contributed by atoms with Crippen LogP contribution >= 0.6 is 0 Å². The third-order valence-electron chi connectivity index (χ3n) is 8.78. The van der Waals surface area contributed by atoms with E-state index in [4.69, 9.17) is 9.97 Å². The second kappa shape index (κ2) is 15.9. The van der Waals surface area contributed by atoms with Crippen molar-refractivity contribution in [2.24, 2.45) is 0 Å². The molecule has 0 radical (unpaired) electrons. The molecule has 0 saturated heterocycles. The van der Waals surface area contributed by atoms with E-state index < -0.39 is 0 Å². The van der Waals surface area contributed by atoms with E-state index in [1.807, 2.05) is 121 Å². The molecule has 9 heterocycles. The van der Waals surface area contributed by atoms with Gasteiger partial charge in [0.15, 0.2) is 0 Å². The molecule has 0 bridgehead atoms. The number of fused-ring (bicyclic) bond motifs is 12. The SMILES string of the molecule is [Ru+2].c1ccc(-c2ccccn2)nc1.c1ccc(-c2ccccn2)nc1.c1cnc2c(c1)c1nc3c4cccnc4c4ncccc4c3nc1c1cccnc12. The fraction of sp³-hybridized carbons (Fsp3) is 0. The standard InChI is InChI=1S/C24H12N6.2C10H8N2.Ru/c1-5-13-17(25-9-1)18-14(6-2-10-26-18)22-21(13)29-23-15-7-3-11-27-19(15)20-16(24(23)30-22)8-4-12-28-20;2*1-3-7-11-9(5-1)10-6-2-4-8-12-10;/h1-12H;2*1-8H;/q;;;+2. The summed E-state index contributed by atoms with van der Waals surface area (Å²) in [7, 11) is 0. The molecule has 10 nitrogen and oxygen atoms in total. The van der Waals surface area contributed by atoms with Crippen molar-refractivity contribution in [2.75, 3.05) is 0 Å². The molecule has 0 aliphatic carbocycles. The van der Waals surface area contributed by atoms with Gasteiger partial charge >= 0.3 is 19.5 Å². The van der Waals surface area contributed by atoms with Crippen LogP contribution in [0.4, 0.5) is 0 Å². The van der Waals surface area contributed by atoms with E-state index in [9.17, 15) is 0 Å². The first-order valence-corrected chi connectivity index (χ1v) is 17.2. The molecule has 11 aromatic rings. The summed E-state index contributed by atoms with van der Waals surface area (Å²) in [6.07, 6.45) is 14.2. The zero-order valence-corrected chi connectivity index (χ0v) is 30.7. The summed E-state index contributed by atoms with van der Waals surface area (Å²) in [5, 5.41) is 3.76. The second-order valence-electron chi connectivity index (χ2n) is 12.1. The van der Waals surface area contributed by atoms with E-state index >= 15 is 0 Å². The maximum atomic E-state index is 5.14. The normalized spacial score (nSPS) is 10.8. The number of pyridine rings is 8. The van der Waals surface area contributed by atoms with E-state index in [-0.39, 0.29) is 19.5 Å². The molecule has 9 aromatic heterocycles. The van der Waals surface area contributed by atoms with Gasteiger partial charge in [0, 0.05) is 71.1 Å². The van der Waals surface area contributed by atoms with Gasteiger partial charge in [0.25, 0.3) is 0 Å². The number of hydrogen-bond acceptors (Lipinski definition) is 10. The van der Waals surface area contributed by atoms with E-state index in [1.54, 1.807) is 49.6 Å². The average molecular weight is 798 g/mol. The van der Waals surface area contributed by atoms with Crippen LogP contribution in [-0.2, 0) is 19.5 Å². The monoisotopic (exact) mass is 798 g/mol. The Morgan fingerprint density at radius 1 is 0.218 bits per heavy atom. The smallest absolute Gasteiger partial charge is 0.255 e. The van der Waals surface area contributed by atoms with E-state index in [1.165, 1.54) is 0 Å². The Kier molecular flexibility index (Phi) is 10.1. The molecular weight excluding hydrogens is 770 g/mol. The van der Waals surface area contributed by atoms with Gasteiger partial charge in [-0.05, 0) is 97.1 Å². The average Bonchev–Trinajstić information content (AvgIpc) is 3.28. The van der Waals surface area contributed by atoms with Crippen molar-refractivity contribution in [1.82, 2.24) is 49.8 Å². The van der Waals surface area contributed by atoms with Crippen LogP contribution in [-0.4, -0.2) is 49.8 Å². The minimum Gasteiger partial charge on any atom is -0.255 e. The van der Waals surface area contributed by atoms with Crippen molar-refractivity contribution in [1.29, 1.82) is 0 Å². The van der Waals surface area contributed by atoms with Crippen LogP contribution in [0, 0.1) is 0 Å². The summed E-state index contributed by atoms with van der Waals surface area (Å²) in [6.45, 7) is 0. The van der Waals surface area contributed by atoms with Crippen molar-refractivity contribution < 1.29 is 19.5 Å². The Morgan fingerprint density at radius 3 is 0.673 bits per heavy atom. The van der Waals surface area contributed by atoms with Crippen LogP contribution in [0.1, 0.15) is 0 Å². The van der Waals surface area contributed by atoms with Gasteiger partial charge in [-0.1, -0.05) is 24.3 Å². The third-order valence-corrected chi connectivity index (χ3v) is 8.78. The van der Waals surface area contributed by atoms with Crippen molar-refractivity contribution in [3.05, 3.63) is 171 Å². The van der Waals surface area contributed by atoms with Gasteiger partial charge < -0.3 is 0 Å². The van der Waals surface area contributed by atoms with E-state index in [0.717, 1.165) is 88.5 Å². The third kappa shape index (κ3) is 6.92. The Hall–Kier alpha value is -7.10. The molecule has 11 heteroatoms. The summed E-state index contributed by atoms with van der Waals surface area (Å²) in [4.78, 5) is 45.4. The maximum absolute atomic E-state index is 5.14. The van der Waals surface area contributed by atoms with Crippen molar-refractivity contribution >= 4 is 65.7 Å². The topological polar surface area (TPSA) is 129 Å². The number of nitrogens with zero attached hydrogens (tertiary/aromatic N) is 10. The van der Waals surface area contributed by atoms with Crippen LogP contribution in [0.5, 0.6) is 0 Å². The number of rotatable bonds is 2. The molecule has 0 aliphatic heterocycles. The first kappa shape index (κ1) is 35.0. The van der Waals surface area contributed by atoms with E-state index in [0.29, 0.717) is 0 Å². The predicted molar refractivity (Wildman–Crippen MR) is 213 cm³/mol. The van der Waals surface area contributed by atoms with Gasteiger partial charge in [-0.25, -0.2) is 9.97 Å². The first-order valence-electron chi connectivity index (χ1n) is 17.2. The summed E-state index contributed by atoms with van der Waals surface area (Å²) in [5.41, 5.74) is 10.3. The zero-order valence-electron chi connectivity index (χ0n) is 29.0. The molecule has 0 aliphatic rings.